The van der Waals surface area contributed by atoms with Gasteiger partial charge in [0.1, 0.15) is 5.69 Å². The van der Waals surface area contributed by atoms with Gasteiger partial charge in [-0.05, 0) is 69.2 Å². The predicted octanol–water partition coefficient (Wildman–Crippen LogP) is 2.97. The van der Waals surface area contributed by atoms with Crippen molar-refractivity contribution in [1.29, 1.82) is 0 Å². The van der Waals surface area contributed by atoms with E-state index < -0.39 is 9.84 Å². The highest BCUT2D eigenvalue weighted by Gasteiger charge is 2.35. The summed E-state index contributed by atoms with van der Waals surface area (Å²) in [5.74, 6) is 0.0419. The van der Waals surface area contributed by atoms with Crippen molar-refractivity contribution >= 4 is 27.1 Å². The molecule has 5 rings (SSSR count). The standard InChI is InChI=1S/C22H28N4O3S/c27-22(23-16-7-9-17(10-8-16)25-12-2-1-3-13-25)21-19-5-4-6-20(19)24-26(21)18-11-14-30(28,29)15-18/h7-10,18H,1-6,11-15H2,(H,23,27)/t18-/m0/s1. The molecule has 160 valence electrons. The van der Waals surface area contributed by atoms with Gasteiger partial charge in [-0.15, -0.1) is 0 Å². The predicted molar refractivity (Wildman–Crippen MR) is 117 cm³/mol. The van der Waals surface area contributed by atoms with Crippen molar-refractivity contribution in [3.8, 4) is 0 Å². The van der Waals surface area contributed by atoms with Crippen molar-refractivity contribution in [2.45, 2.75) is 51.0 Å². The third kappa shape index (κ3) is 3.73. The first-order chi connectivity index (χ1) is 14.5. The molecule has 30 heavy (non-hydrogen) atoms. The lowest BCUT2D eigenvalue weighted by Crippen LogP contribution is -2.29. The number of carbonyl (C=O) groups excluding carboxylic acids is 1. The zero-order chi connectivity index (χ0) is 20.7. The second kappa shape index (κ2) is 7.72. The summed E-state index contributed by atoms with van der Waals surface area (Å²) >= 11 is 0. The lowest BCUT2D eigenvalue weighted by atomic mass is 10.1. The van der Waals surface area contributed by atoms with Gasteiger partial charge in [0.15, 0.2) is 9.84 Å². The smallest absolute Gasteiger partial charge is 0.274 e. The normalized spacial score (nSPS) is 22.8. The highest BCUT2D eigenvalue weighted by molar-refractivity contribution is 7.91. The summed E-state index contributed by atoms with van der Waals surface area (Å²) in [6, 6.07) is 7.77. The van der Waals surface area contributed by atoms with Gasteiger partial charge in [-0.2, -0.15) is 5.10 Å². The second-order valence-corrected chi connectivity index (χ2v) is 10.9. The Bertz CT molecular complexity index is 1050. The molecule has 8 heteroatoms. The quantitative estimate of drug-likeness (QED) is 0.809. The van der Waals surface area contributed by atoms with Gasteiger partial charge < -0.3 is 10.2 Å². The Morgan fingerprint density at radius 3 is 2.50 bits per heavy atom. The third-order valence-corrected chi connectivity index (χ3v) is 8.30. The van der Waals surface area contributed by atoms with Crippen LogP contribution < -0.4 is 10.2 Å². The van der Waals surface area contributed by atoms with Gasteiger partial charge in [0, 0.05) is 30.0 Å². The molecule has 7 nitrogen and oxygen atoms in total. The van der Waals surface area contributed by atoms with Crippen molar-refractivity contribution in [1.82, 2.24) is 9.78 Å². The zero-order valence-corrected chi connectivity index (χ0v) is 18.0. The summed E-state index contributed by atoms with van der Waals surface area (Å²) in [5.41, 5.74) is 4.42. The Balaban J connectivity index is 1.37. The molecule has 0 unspecified atom stereocenters. The summed E-state index contributed by atoms with van der Waals surface area (Å²) in [7, 11) is -3.05. The molecule has 0 saturated carbocycles. The second-order valence-electron chi connectivity index (χ2n) is 8.68. The van der Waals surface area contributed by atoms with Gasteiger partial charge >= 0.3 is 0 Å². The number of nitrogens with one attached hydrogen (secondary N) is 1. The van der Waals surface area contributed by atoms with Gasteiger partial charge in [-0.25, -0.2) is 8.42 Å². The number of sulfone groups is 1. The molecule has 0 bridgehead atoms. The molecule has 1 aliphatic carbocycles. The van der Waals surface area contributed by atoms with E-state index in [1.807, 2.05) is 12.1 Å². The monoisotopic (exact) mass is 428 g/mol. The lowest BCUT2D eigenvalue weighted by molar-refractivity contribution is 0.101. The van der Waals surface area contributed by atoms with Crippen molar-refractivity contribution in [2.75, 3.05) is 34.8 Å². The summed E-state index contributed by atoms with van der Waals surface area (Å²) in [6.07, 6.45) is 6.94. The van der Waals surface area contributed by atoms with Gasteiger partial charge in [0.25, 0.3) is 5.91 Å². The number of aromatic nitrogens is 2. The first kappa shape index (κ1) is 19.6. The van der Waals surface area contributed by atoms with Crippen LogP contribution in [0.1, 0.15) is 59.9 Å². The van der Waals surface area contributed by atoms with E-state index in [1.54, 1.807) is 4.68 Å². The number of amides is 1. The number of benzene rings is 1. The van der Waals surface area contributed by atoms with Crippen LogP contribution in [-0.2, 0) is 22.7 Å². The average Bonchev–Trinajstić information content (AvgIpc) is 3.42. The highest BCUT2D eigenvalue weighted by atomic mass is 32.2. The molecule has 3 heterocycles. The maximum atomic E-state index is 13.2. The number of hydrogen-bond acceptors (Lipinski definition) is 5. The zero-order valence-electron chi connectivity index (χ0n) is 17.1. The van der Waals surface area contributed by atoms with E-state index in [-0.39, 0.29) is 23.5 Å². The summed E-state index contributed by atoms with van der Waals surface area (Å²) in [4.78, 5) is 15.6. The Morgan fingerprint density at radius 1 is 1.03 bits per heavy atom. The Hall–Kier alpha value is -2.35. The number of fused-ring (bicyclic) bond motifs is 1. The van der Waals surface area contributed by atoms with Crippen LogP contribution in [0.3, 0.4) is 0 Å². The topological polar surface area (TPSA) is 84.3 Å². The molecule has 1 aromatic carbocycles. The molecule has 1 amide bonds. The number of aryl methyl sites for hydroxylation is 1. The number of rotatable bonds is 4. The van der Waals surface area contributed by atoms with Crippen molar-refractivity contribution < 1.29 is 13.2 Å². The number of anilines is 2. The van der Waals surface area contributed by atoms with Crippen LogP contribution in [0.2, 0.25) is 0 Å². The molecule has 0 radical (unpaired) electrons. The Kier molecular flexibility index (Phi) is 5.05. The van der Waals surface area contributed by atoms with Gasteiger partial charge in [-0.1, -0.05) is 0 Å². The molecule has 1 aromatic heterocycles. The summed E-state index contributed by atoms with van der Waals surface area (Å²) < 4.78 is 25.7. The number of piperidine rings is 1. The molecule has 2 aliphatic heterocycles. The maximum Gasteiger partial charge on any atom is 0.274 e. The third-order valence-electron chi connectivity index (χ3n) is 6.55. The van der Waals surface area contributed by atoms with Crippen LogP contribution in [-0.4, -0.2) is 48.7 Å². The van der Waals surface area contributed by atoms with Crippen molar-refractivity contribution in [3.63, 3.8) is 0 Å². The SMILES string of the molecule is O=C(Nc1ccc(N2CCCCC2)cc1)c1c2c(nn1[C@H]1CCS(=O)(=O)C1)CCC2. The fourth-order valence-corrected chi connectivity index (χ4v) is 6.68. The van der Waals surface area contributed by atoms with E-state index in [0.717, 1.165) is 49.3 Å². The first-order valence-electron chi connectivity index (χ1n) is 11.0. The van der Waals surface area contributed by atoms with E-state index in [4.69, 9.17) is 0 Å². The van der Waals surface area contributed by atoms with E-state index in [1.165, 1.54) is 24.9 Å². The van der Waals surface area contributed by atoms with Crippen LogP contribution >= 0.6 is 0 Å². The molecule has 2 saturated heterocycles. The molecule has 2 fully saturated rings. The molecular formula is C22H28N4O3S. The Labute approximate surface area is 177 Å². The van der Waals surface area contributed by atoms with Crippen LogP contribution in [0.25, 0.3) is 0 Å². The molecular weight excluding hydrogens is 400 g/mol. The van der Waals surface area contributed by atoms with Crippen molar-refractivity contribution in [3.05, 3.63) is 41.2 Å². The summed E-state index contributed by atoms with van der Waals surface area (Å²) in [5, 5.41) is 7.68. The molecule has 1 atom stereocenters. The highest BCUT2D eigenvalue weighted by Crippen LogP contribution is 2.32. The van der Waals surface area contributed by atoms with Crippen molar-refractivity contribution in [2.24, 2.45) is 0 Å². The lowest BCUT2D eigenvalue weighted by Gasteiger charge is -2.28. The first-order valence-corrected chi connectivity index (χ1v) is 12.8. The van der Waals surface area contributed by atoms with E-state index in [9.17, 15) is 13.2 Å². The van der Waals surface area contributed by atoms with Crippen LogP contribution in [0, 0.1) is 0 Å². The number of hydrogen-bond donors (Lipinski definition) is 1. The Morgan fingerprint density at radius 2 is 1.80 bits per heavy atom. The van der Waals surface area contributed by atoms with Crippen LogP contribution in [0.4, 0.5) is 11.4 Å². The van der Waals surface area contributed by atoms with Gasteiger partial charge in [0.05, 0.1) is 23.2 Å². The molecule has 1 N–H and O–H groups in total. The molecule has 0 spiro atoms. The minimum Gasteiger partial charge on any atom is -0.372 e. The number of nitrogens with zero attached hydrogens (tertiary/aromatic N) is 3. The minimum absolute atomic E-state index is 0.0678. The molecule has 3 aliphatic rings. The number of carbonyl (C=O) groups is 1. The van der Waals surface area contributed by atoms with E-state index in [0.29, 0.717) is 12.1 Å². The van der Waals surface area contributed by atoms with Crippen LogP contribution in [0.5, 0.6) is 0 Å². The largest absolute Gasteiger partial charge is 0.372 e. The average molecular weight is 429 g/mol. The van der Waals surface area contributed by atoms with E-state index >= 15 is 0 Å². The fourth-order valence-electron chi connectivity index (χ4n) is 4.98. The summed E-state index contributed by atoms with van der Waals surface area (Å²) in [6.45, 7) is 2.17. The van der Waals surface area contributed by atoms with Gasteiger partial charge in [0.2, 0.25) is 0 Å². The van der Waals surface area contributed by atoms with E-state index in [2.05, 4.69) is 27.4 Å². The fraction of sp³-hybridized carbons (Fsp3) is 0.545. The van der Waals surface area contributed by atoms with Crippen LogP contribution in [0.15, 0.2) is 24.3 Å². The maximum absolute atomic E-state index is 13.2. The molecule has 2 aromatic rings. The van der Waals surface area contributed by atoms with Gasteiger partial charge in [-0.3, -0.25) is 9.48 Å². The minimum atomic E-state index is -3.05.